The molecule has 1 nitrogen and oxygen atoms in total. The third-order valence-electron chi connectivity index (χ3n) is 4.49. The van der Waals surface area contributed by atoms with Gasteiger partial charge in [-0.15, -0.1) is 0 Å². The van der Waals surface area contributed by atoms with Crippen molar-refractivity contribution in [3.05, 3.63) is 65.4 Å². The van der Waals surface area contributed by atoms with Crippen LogP contribution >= 0.6 is 0 Å². The second-order valence-corrected chi connectivity index (χ2v) is 8.15. The number of hydrogen-bond donors (Lipinski definition) is 0. The van der Waals surface area contributed by atoms with Gasteiger partial charge in [0.1, 0.15) is 0 Å². The Morgan fingerprint density at radius 2 is 1.58 bits per heavy atom. The van der Waals surface area contributed by atoms with Gasteiger partial charge in [0.25, 0.3) is 0 Å². The van der Waals surface area contributed by atoms with Gasteiger partial charge in [0.15, 0.2) is 0 Å². The Labute approximate surface area is 145 Å². The minimum atomic E-state index is 0.372. The summed E-state index contributed by atoms with van der Waals surface area (Å²) in [5.41, 5.74) is 6.64. The molecular weight excluding hydrogens is 290 g/mol. The molecule has 0 radical (unpaired) electrons. The fraction of sp³-hybridized carbons (Fsp3) is 0.348. The van der Waals surface area contributed by atoms with Crippen LogP contribution in [0.5, 0.6) is 0 Å². The number of benzene rings is 2. The van der Waals surface area contributed by atoms with Gasteiger partial charge >= 0.3 is 0 Å². The summed E-state index contributed by atoms with van der Waals surface area (Å²) in [6, 6.07) is 15.6. The van der Waals surface area contributed by atoms with Crippen molar-refractivity contribution < 1.29 is 0 Å². The lowest BCUT2D eigenvalue weighted by atomic mass is 9.88. The number of fused-ring (bicyclic) bond motifs is 1. The first-order valence-corrected chi connectivity index (χ1v) is 8.78. The molecule has 0 N–H and O–H groups in total. The maximum Gasteiger partial charge on any atom is 0.0780 e. The van der Waals surface area contributed by atoms with Crippen molar-refractivity contribution in [2.45, 2.75) is 47.5 Å². The fourth-order valence-electron chi connectivity index (χ4n) is 3.24. The zero-order valence-electron chi connectivity index (χ0n) is 15.5. The smallest absolute Gasteiger partial charge is 0.0780 e. The van der Waals surface area contributed by atoms with Gasteiger partial charge < -0.3 is 0 Å². The standard InChI is InChI=1S/C23H27N/c1-16-12-17(2)14-20(13-16)22-21-7-6-18(8-10-23(3,4)5)15-19(21)9-11-24-22/h6-7,9,11-15H,8,10H2,1-5H3. The Morgan fingerprint density at radius 1 is 0.875 bits per heavy atom. The zero-order chi connectivity index (χ0) is 17.3. The number of pyridine rings is 1. The van der Waals surface area contributed by atoms with Crippen molar-refractivity contribution >= 4 is 10.8 Å². The average molecular weight is 317 g/mol. The first-order chi connectivity index (χ1) is 11.3. The summed E-state index contributed by atoms with van der Waals surface area (Å²) in [5, 5.41) is 2.52. The number of rotatable bonds is 3. The van der Waals surface area contributed by atoms with Gasteiger partial charge in [-0.05, 0) is 61.3 Å². The molecule has 1 heteroatoms. The minimum Gasteiger partial charge on any atom is -0.256 e. The zero-order valence-corrected chi connectivity index (χ0v) is 15.5. The Hall–Kier alpha value is -2.15. The van der Waals surface area contributed by atoms with Gasteiger partial charge in [-0.25, -0.2) is 0 Å². The van der Waals surface area contributed by atoms with Gasteiger partial charge in [0.05, 0.1) is 5.69 Å². The summed E-state index contributed by atoms with van der Waals surface area (Å²) in [5.74, 6) is 0. The number of hydrogen-bond acceptors (Lipinski definition) is 1. The van der Waals surface area contributed by atoms with E-state index in [1.54, 1.807) is 0 Å². The summed E-state index contributed by atoms with van der Waals surface area (Å²) in [6.07, 6.45) is 4.26. The molecule has 1 aromatic heterocycles. The van der Waals surface area contributed by atoms with Crippen LogP contribution in [0.3, 0.4) is 0 Å². The normalized spacial score (nSPS) is 11.9. The molecule has 2 aromatic carbocycles. The van der Waals surface area contributed by atoms with E-state index in [1.807, 2.05) is 6.20 Å². The highest BCUT2D eigenvalue weighted by molar-refractivity contribution is 5.95. The highest BCUT2D eigenvalue weighted by Gasteiger charge is 2.11. The molecule has 0 aliphatic carbocycles. The van der Waals surface area contributed by atoms with Crippen LogP contribution in [0.4, 0.5) is 0 Å². The van der Waals surface area contributed by atoms with Crippen molar-refractivity contribution in [3.63, 3.8) is 0 Å². The first kappa shape index (κ1) is 16.7. The minimum absolute atomic E-state index is 0.372. The largest absolute Gasteiger partial charge is 0.256 e. The van der Waals surface area contributed by atoms with E-state index in [0.717, 1.165) is 12.1 Å². The summed E-state index contributed by atoms with van der Waals surface area (Å²) < 4.78 is 0. The van der Waals surface area contributed by atoms with E-state index in [-0.39, 0.29) is 0 Å². The highest BCUT2D eigenvalue weighted by atomic mass is 14.7. The van der Waals surface area contributed by atoms with Crippen molar-refractivity contribution in [2.24, 2.45) is 5.41 Å². The van der Waals surface area contributed by atoms with Crippen molar-refractivity contribution in [3.8, 4) is 11.3 Å². The highest BCUT2D eigenvalue weighted by Crippen LogP contribution is 2.29. The van der Waals surface area contributed by atoms with E-state index in [4.69, 9.17) is 0 Å². The Bertz CT molecular complexity index is 849. The Balaban J connectivity index is 2.02. The number of nitrogens with zero attached hydrogens (tertiary/aromatic N) is 1. The summed E-state index contributed by atoms with van der Waals surface area (Å²) >= 11 is 0. The summed E-state index contributed by atoms with van der Waals surface area (Å²) in [6.45, 7) is 11.2. The quantitative estimate of drug-likeness (QED) is 0.537. The monoisotopic (exact) mass is 317 g/mol. The molecule has 0 saturated carbocycles. The molecule has 0 aliphatic rings. The van der Waals surface area contributed by atoms with Crippen LogP contribution < -0.4 is 0 Å². The lowest BCUT2D eigenvalue weighted by Gasteiger charge is -2.18. The molecule has 3 rings (SSSR count). The van der Waals surface area contributed by atoms with Crippen LogP contribution in [0.1, 0.15) is 43.9 Å². The van der Waals surface area contributed by atoms with E-state index < -0.39 is 0 Å². The molecular formula is C23H27N. The van der Waals surface area contributed by atoms with Crippen LogP contribution in [0.15, 0.2) is 48.7 Å². The molecule has 1 heterocycles. The molecule has 0 fully saturated rings. The Kier molecular flexibility index (Phi) is 4.45. The SMILES string of the molecule is Cc1cc(C)cc(-c2nccc3cc(CCC(C)(C)C)ccc23)c1. The topological polar surface area (TPSA) is 12.9 Å². The van der Waals surface area contributed by atoms with Crippen LogP contribution in [-0.4, -0.2) is 4.98 Å². The van der Waals surface area contributed by atoms with Crippen LogP contribution in [0, 0.1) is 19.3 Å². The van der Waals surface area contributed by atoms with Crippen molar-refractivity contribution in [1.29, 1.82) is 0 Å². The third-order valence-corrected chi connectivity index (χ3v) is 4.49. The van der Waals surface area contributed by atoms with Gasteiger partial charge in [0.2, 0.25) is 0 Å². The van der Waals surface area contributed by atoms with Crippen molar-refractivity contribution in [1.82, 2.24) is 4.98 Å². The summed E-state index contributed by atoms with van der Waals surface area (Å²) in [7, 11) is 0. The van der Waals surface area contributed by atoms with E-state index in [0.29, 0.717) is 5.41 Å². The lowest BCUT2D eigenvalue weighted by molar-refractivity contribution is 0.378. The van der Waals surface area contributed by atoms with Crippen molar-refractivity contribution in [2.75, 3.05) is 0 Å². The van der Waals surface area contributed by atoms with E-state index in [9.17, 15) is 0 Å². The van der Waals surface area contributed by atoms with Gasteiger partial charge in [0, 0.05) is 17.1 Å². The first-order valence-electron chi connectivity index (χ1n) is 8.78. The molecule has 0 bridgehead atoms. The molecule has 3 aromatic rings. The maximum absolute atomic E-state index is 4.67. The molecule has 0 spiro atoms. The molecule has 0 aliphatic heterocycles. The van der Waals surface area contributed by atoms with Crippen LogP contribution in [0.25, 0.3) is 22.0 Å². The van der Waals surface area contributed by atoms with E-state index in [2.05, 4.69) is 82.1 Å². The third kappa shape index (κ3) is 3.84. The maximum atomic E-state index is 4.67. The summed E-state index contributed by atoms with van der Waals surface area (Å²) in [4.78, 5) is 4.67. The molecule has 0 atom stereocenters. The predicted molar refractivity (Wildman–Crippen MR) is 104 cm³/mol. The van der Waals surface area contributed by atoms with Gasteiger partial charge in [-0.1, -0.05) is 56.2 Å². The van der Waals surface area contributed by atoms with E-state index >= 15 is 0 Å². The van der Waals surface area contributed by atoms with Gasteiger partial charge in [-0.3, -0.25) is 4.98 Å². The average Bonchev–Trinajstić information content (AvgIpc) is 2.50. The number of aromatic nitrogens is 1. The second kappa shape index (κ2) is 6.39. The molecule has 0 saturated heterocycles. The van der Waals surface area contributed by atoms with Gasteiger partial charge in [-0.2, -0.15) is 0 Å². The van der Waals surface area contributed by atoms with Crippen LogP contribution in [-0.2, 0) is 6.42 Å². The predicted octanol–water partition coefficient (Wildman–Crippen LogP) is 6.50. The second-order valence-electron chi connectivity index (χ2n) is 8.15. The molecule has 0 unspecified atom stereocenters. The molecule has 124 valence electrons. The van der Waals surface area contributed by atoms with E-state index in [1.165, 1.54) is 39.4 Å². The molecule has 24 heavy (non-hydrogen) atoms. The Morgan fingerprint density at radius 3 is 2.25 bits per heavy atom. The molecule has 0 amide bonds. The van der Waals surface area contributed by atoms with Crippen LogP contribution in [0.2, 0.25) is 0 Å². The number of aryl methyl sites for hydroxylation is 3. The fourth-order valence-corrected chi connectivity index (χ4v) is 3.24. The lowest BCUT2D eigenvalue weighted by Crippen LogP contribution is -2.06.